The Morgan fingerprint density at radius 3 is 2.62 bits per heavy atom. The molecule has 24 heavy (non-hydrogen) atoms. The molecule has 0 aliphatic carbocycles. The maximum atomic E-state index is 12.1. The van der Waals surface area contributed by atoms with Crippen LogP contribution >= 0.6 is 11.8 Å². The number of anilines is 1. The van der Waals surface area contributed by atoms with Crippen molar-refractivity contribution in [3.63, 3.8) is 0 Å². The van der Waals surface area contributed by atoms with Crippen molar-refractivity contribution in [1.82, 2.24) is 4.90 Å². The molecule has 2 aromatic carbocycles. The number of hydrogen-bond acceptors (Lipinski definition) is 4. The highest BCUT2D eigenvalue weighted by molar-refractivity contribution is 7.99. The fourth-order valence-corrected chi connectivity index (χ4v) is 3.14. The number of nitrogens with zero attached hydrogens (tertiary/aromatic N) is 1. The first kappa shape index (κ1) is 18.4. The highest BCUT2D eigenvalue weighted by atomic mass is 32.2. The maximum absolute atomic E-state index is 12.1. The molecule has 0 atom stereocenters. The summed E-state index contributed by atoms with van der Waals surface area (Å²) in [7, 11) is 4.06. The van der Waals surface area contributed by atoms with Crippen LogP contribution in [0, 0.1) is 0 Å². The van der Waals surface area contributed by atoms with Gasteiger partial charge in [0.2, 0.25) is 0 Å². The van der Waals surface area contributed by atoms with E-state index in [1.54, 1.807) is 17.8 Å². The lowest BCUT2D eigenvalue weighted by Gasteiger charge is -2.16. The molecule has 2 aromatic rings. The highest BCUT2D eigenvalue weighted by Crippen LogP contribution is 2.35. The smallest absolute Gasteiger partial charge is 0.120 e. The van der Waals surface area contributed by atoms with Crippen LogP contribution in [0.1, 0.15) is 5.56 Å². The summed E-state index contributed by atoms with van der Waals surface area (Å²) in [6, 6.07) is 13.9. The molecule has 0 aliphatic rings. The van der Waals surface area contributed by atoms with Crippen LogP contribution in [0.25, 0.3) is 0 Å². The molecule has 0 spiro atoms. The van der Waals surface area contributed by atoms with Crippen LogP contribution in [0.4, 0.5) is 10.1 Å². The van der Waals surface area contributed by atoms with E-state index >= 15 is 0 Å². The molecule has 0 heterocycles. The Balaban J connectivity index is 2.20. The van der Waals surface area contributed by atoms with Gasteiger partial charge < -0.3 is 15.4 Å². The van der Waals surface area contributed by atoms with Gasteiger partial charge in [0.05, 0.1) is 0 Å². The first-order valence-electron chi connectivity index (χ1n) is 7.74. The lowest BCUT2D eigenvalue weighted by molar-refractivity contribution is 0.358. The van der Waals surface area contributed by atoms with Gasteiger partial charge in [0.25, 0.3) is 0 Å². The fourth-order valence-electron chi connectivity index (χ4n) is 2.18. The molecule has 128 valence electrons. The Morgan fingerprint density at radius 1 is 1.12 bits per heavy atom. The minimum absolute atomic E-state index is 0.365. The van der Waals surface area contributed by atoms with E-state index in [2.05, 4.69) is 4.90 Å². The number of hydrogen-bond donors (Lipinski definition) is 1. The van der Waals surface area contributed by atoms with E-state index in [1.807, 2.05) is 56.6 Å². The molecule has 0 aliphatic heterocycles. The van der Waals surface area contributed by atoms with Crippen LogP contribution in [0.15, 0.2) is 64.4 Å². The summed E-state index contributed by atoms with van der Waals surface area (Å²) in [6.07, 6.45) is 3.13. The summed E-state index contributed by atoms with van der Waals surface area (Å²) in [5.41, 5.74) is 7.99. The van der Waals surface area contributed by atoms with Crippen molar-refractivity contribution in [2.45, 2.75) is 16.3 Å². The standard InChI is InChI=1S/C19H23FN2OS/c1-22(2)14-15-13-16(23-12-6-5-11-20)9-10-18(15)24-19-8-4-3-7-17(19)21/h3-10,13H,11-12,14,21H2,1-2H3/b6-5-. The molecular weight excluding hydrogens is 323 g/mol. The molecular formula is C19H23FN2OS. The van der Waals surface area contributed by atoms with E-state index < -0.39 is 6.67 Å². The van der Waals surface area contributed by atoms with Gasteiger partial charge in [-0.05, 0) is 56.1 Å². The normalized spacial score (nSPS) is 11.3. The zero-order valence-electron chi connectivity index (χ0n) is 14.0. The summed E-state index contributed by atoms with van der Waals surface area (Å²) in [4.78, 5) is 4.30. The Bertz CT molecular complexity index is 689. The molecule has 0 amide bonds. The SMILES string of the molecule is CN(C)Cc1cc(OC/C=C\CF)ccc1Sc1ccccc1N. The van der Waals surface area contributed by atoms with Crippen LogP contribution in [-0.2, 0) is 6.54 Å². The first-order valence-corrected chi connectivity index (χ1v) is 8.55. The number of allylic oxidation sites excluding steroid dienone is 1. The van der Waals surface area contributed by atoms with E-state index in [1.165, 1.54) is 11.6 Å². The number of rotatable bonds is 8. The van der Waals surface area contributed by atoms with E-state index in [0.717, 1.165) is 27.8 Å². The second kappa shape index (κ2) is 9.35. The third kappa shape index (κ3) is 5.58. The van der Waals surface area contributed by atoms with Gasteiger partial charge in [-0.1, -0.05) is 30.0 Å². The minimum atomic E-state index is -0.469. The largest absolute Gasteiger partial charge is 0.490 e. The van der Waals surface area contributed by atoms with Crippen molar-refractivity contribution in [2.24, 2.45) is 0 Å². The molecule has 0 bridgehead atoms. The molecule has 0 aromatic heterocycles. The van der Waals surface area contributed by atoms with Crippen LogP contribution in [0.2, 0.25) is 0 Å². The lowest BCUT2D eigenvalue weighted by atomic mass is 10.2. The Morgan fingerprint density at radius 2 is 1.92 bits per heavy atom. The average Bonchev–Trinajstić information content (AvgIpc) is 2.55. The average molecular weight is 346 g/mol. The zero-order valence-corrected chi connectivity index (χ0v) is 14.9. The molecule has 0 fully saturated rings. The van der Waals surface area contributed by atoms with E-state index in [-0.39, 0.29) is 0 Å². The summed E-state index contributed by atoms with van der Waals surface area (Å²) in [5, 5.41) is 0. The molecule has 0 saturated heterocycles. The van der Waals surface area contributed by atoms with Gasteiger partial charge in [0, 0.05) is 22.0 Å². The van der Waals surface area contributed by atoms with Gasteiger partial charge >= 0.3 is 0 Å². The molecule has 0 saturated carbocycles. The predicted molar refractivity (Wildman–Crippen MR) is 99.4 cm³/mol. The molecule has 2 N–H and O–H groups in total. The summed E-state index contributed by atoms with van der Waals surface area (Å²) in [6.45, 7) is 0.694. The van der Waals surface area contributed by atoms with E-state index in [0.29, 0.717) is 6.61 Å². The van der Waals surface area contributed by atoms with Crippen molar-refractivity contribution in [3.05, 3.63) is 60.2 Å². The third-order valence-corrected chi connectivity index (χ3v) is 4.47. The summed E-state index contributed by atoms with van der Waals surface area (Å²) >= 11 is 1.65. The van der Waals surface area contributed by atoms with Crippen LogP contribution in [0.3, 0.4) is 0 Å². The minimum Gasteiger partial charge on any atom is -0.490 e. The van der Waals surface area contributed by atoms with Gasteiger partial charge in [-0.25, -0.2) is 4.39 Å². The van der Waals surface area contributed by atoms with Crippen LogP contribution in [0.5, 0.6) is 5.75 Å². The lowest BCUT2D eigenvalue weighted by Crippen LogP contribution is -2.11. The summed E-state index contributed by atoms with van der Waals surface area (Å²) in [5.74, 6) is 0.778. The number of halogens is 1. The fraction of sp³-hybridized carbons (Fsp3) is 0.263. The third-order valence-electron chi connectivity index (χ3n) is 3.26. The molecule has 3 nitrogen and oxygen atoms in total. The van der Waals surface area contributed by atoms with Crippen LogP contribution in [-0.4, -0.2) is 32.3 Å². The van der Waals surface area contributed by atoms with Crippen molar-refractivity contribution in [3.8, 4) is 5.75 Å². The van der Waals surface area contributed by atoms with E-state index in [4.69, 9.17) is 10.5 Å². The van der Waals surface area contributed by atoms with Gasteiger partial charge in [0.1, 0.15) is 19.0 Å². The number of alkyl halides is 1. The van der Waals surface area contributed by atoms with Crippen molar-refractivity contribution < 1.29 is 9.13 Å². The summed E-state index contributed by atoms with van der Waals surface area (Å²) < 4.78 is 17.7. The number of ether oxygens (including phenoxy) is 1. The van der Waals surface area contributed by atoms with Crippen molar-refractivity contribution in [1.29, 1.82) is 0 Å². The number of para-hydroxylation sites is 1. The Kier molecular flexibility index (Phi) is 7.15. The second-order valence-corrected chi connectivity index (χ2v) is 6.67. The number of benzene rings is 2. The number of nitrogen functional groups attached to an aromatic ring is 1. The van der Waals surface area contributed by atoms with Crippen molar-refractivity contribution >= 4 is 17.4 Å². The molecule has 2 rings (SSSR count). The van der Waals surface area contributed by atoms with Crippen molar-refractivity contribution in [2.75, 3.05) is 33.1 Å². The topological polar surface area (TPSA) is 38.5 Å². The Hall–Kier alpha value is -1.98. The maximum Gasteiger partial charge on any atom is 0.120 e. The second-order valence-electron chi connectivity index (χ2n) is 5.58. The van der Waals surface area contributed by atoms with Gasteiger partial charge in [-0.2, -0.15) is 0 Å². The Labute approximate surface area is 147 Å². The van der Waals surface area contributed by atoms with Gasteiger partial charge in [-0.3, -0.25) is 0 Å². The zero-order chi connectivity index (χ0) is 17.4. The number of nitrogens with two attached hydrogens (primary N) is 1. The van der Waals surface area contributed by atoms with Crippen LogP contribution < -0.4 is 10.5 Å². The van der Waals surface area contributed by atoms with Gasteiger partial charge in [-0.15, -0.1) is 0 Å². The molecule has 0 radical (unpaired) electrons. The molecule has 0 unspecified atom stereocenters. The van der Waals surface area contributed by atoms with Gasteiger partial charge in [0.15, 0.2) is 0 Å². The monoisotopic (exact) mass is 346 g/mol. The molecule has 5 heteroatoms. The predicted octanol–water partition coefficient (Wildman–Crippen LogP) is 4.39. The van der Waals surface area contributed by atoms with E-state index in [9.17, 15) is 4.39 Å². The highest BCUT2D eigenvalue weighted by Gasteiger charge is 2.09. The first-order chi connectivity index (χ1) is 11.6. The quantitative estimate of drug-likeness (QED) is 0.568.